The molecule has 0 bridgehead atoms. The predicted molar refractivity (Wildman–Crippen MR) is 276 cm³/mol. The van der Waals surface area contributed by atoms with Crippen LogP contribution in [0.3, 0.4) is 0 Å². The Labute approximate surface area is 444 Å². The average molecular weight is 1180 g/mol. The van der Waals surface area contributed by atoms with Crippen LogP contribution in [0.2, 0.25) is 0 Å². The van der Waals surface area contributed by atoms with Crippen molar-refractivity contribution in [1.29, 1.82) is 0 Å². The highest BCUT2D eigenvalue weighted by Gasteiger charge is 2.50. The van der Waals surface area contributed by atoms with Gasteiger partial charge < -0.3 is 80.7 Å². The summed E-state index contributed by atoms with van der Waals surface area (Å²) < 4.78 is 82.0. The van der Waals surface area contributed by atoms with E-state index in [0.29, 0.717) is 0 Å². The Hall–Kier alpha value is -3.46. The van der Waals surface area contributed by atoms with Crippen molar-refractivity contribution in [3.05, 3.63) is 23.0 Å². The molecule has 2 aliphatic heterocycles. The van der Waals surface area contributed by atoms with Crippen molar-refractivity contribution < 1.29 is 95.1 Å². The lowest BCUT2D eigenvalue weighted by molar-refractivity contribution is -0.745. The van der Waals surface area contributed by atoms with E-state index in [4.69, 9.17) is 20.9 Å². The van der Waals surface area contributed by atoms with E-state index in [1.54, 1.807) is 0 Å². The van der Waals surface area contributed by atoms with Gasteiger partial charge in [-0.15, -0.1) is 0 Å². The van der Waals surface area contributed by atoms with E-state index in [-0.39, 0.29) is 28.3 Å². The number of nitrogens with two attached hydrogens (primary N) is 2. The minimum absolute atomic E-state index is 0.0642. The van der Waals surface area contributed by atoms with Crippen LogP contribution in [0.4, 0.5) is 11.9 Å². The molecule has 6 rings (SSSR count). The van der Waals surface area contributed by atoms with Gasteiger partial charge in [0.05, 0.1) is 26.6 Å². The van der Waals surface area contributed by atoms with Crippen molar-refractivity contribution in [2.75, 3.05) is 89.5 Å². The first kappa shape index (κ1) is 67.8. The Bertz CT molecular complexity index is 2700. The topological polar surface area (TPSA) is 468 Å². The number of aliphatic hydroxyl groups excluding tert-OH is 4. The summed E-state index contributed by atoms with van der Waals surface area (Å²) in [5.74, 6) is -3.62. The molecule has 2 saturated heterocycles. The van der Waals surface area contributed by atoms with Gasteiger partial charge in [0.2, 0.25) is 12.2 Å². The Morgan fingerprint density at radius 3 is 1.58 bits per heavy atom. The number of aryl methyl sites for hydroxylation is 1. The lowest BCUT2D eigenvalue weighted by Crippen LogP contribution is -2.46. The van der Waals surface area contributed by atoms with Gasteiger partial charge in [0.25, 0.3) is 11.5 Å². The van der Waals surface area contributed by atoms with E-state index in [0.717, 1.165) is 15.5 Å². The van der Waals surface area contributed by atoms with Crippen LogP contribution < -0.4 is 26.7 Å². The molecule has 37 heteroatoms. The molecule has 4 unspecified atom stereocenters. The molecule has 0 aromatic carbocycles. The fourth-order valence-electron chi connectivity index (χ4n) is 7.73. The maximum atomic E-state index is 12.6. The third-order valence-electron chi connectivity index (χ3n) is 12.1. The predicted octanol–water partition coefficient (Wildman–Crippen LogP) is -0.495. The average Bonchev–Trinajstić information content (AvgIpc) is 4.07. The molecule has 77 heavy (non-hydrogen) atoms. The first-order chi connectivity index (χ1) is 35.9. The van der Waals surface area contributed by atoms with Crippen LogP contribution in [0.15, 0.2) is 17.4 Å². The highest BCUT2D eigenvalue weighted by Crippen LogP contribution is 2.70. The summed E-state index contributed by atoms with van der Waals surface area (Å²) in [6.07, 6.45) is -11.3. The number of rotatable bonds is 23. The molecule has 4 aromatic heterocycles. The summed E-state index contributed by atoms with van der Waals surface area (Å²) in [5.41, 5.74) is 9.76. The van der Waals surface area contributed by atoms with E-state index in [2.05, 4.69) is 120 Å². The molecule has 2 fully saturated rings. The van der Waals surface area contributed by atoms with Gasteiger partial charge in [-0.3, -0.25) is 37.1 Å². The fraction of sp³-hybridized carbons (Fsp3) is 0.750. The van der Waals surface area contributed by atoms with Crippen molar-refractivity contribution >= 4 is 65.1 Å². The third kappa shape index (κ3) is 19.1. The number of nitrogens with zero attached hydrogens (tertiary/aromatic N) is 10. The van der Waals surface area contributed by atoms with Gasteiger partial charge in [0, 0.05) is 5.88 Å². The van der Waals surface area contributed by atoms with E-state index in [9.17, 15) is 68.2 Å². The van der Waals surface area contributed by atoms with Crippen LogP contribution in [-0.4, -0.2) is 203 Å². The van der Waals surface area contributed by atoms with Crippen molar-refractivity contribution in [2.24, 2.45) is 7.05 Å². The Balaban J connectivity index is 0.000000624. The minimum Gasteiger partial charge on any atom is -0.856 e. The molecule has 12 atom stereocenters. The third-order valence-corrected chi connectivity index (χ3v) is 19.6. The Kier molecular flexibility index (Phi) is 26.3. The number of aromatic nitrogens is 8. The molecule has 13 N–H and O–H groups in total. The lowest BCUT2D eigenvalue weighted by Gasteiger charge is -2.22. The molecular formula is C40H77N13O20P4. The van der Waals surface area contributed by atoms with E-state index in [1.165, 1.54) is 76.8 Å². The normalized spacial score (nSPS) is 24.6. The largest absolute Gasteiger partial charge is 0.856 e. The zero-order chi connectivity index (χ0) is 58.4. The van der Waals surface area contributed by atoms with Crippen LogP contribution in [0.25, 0.3) is 22.3 Å². The first-order valence-corrected chi connectivity index (χ1v) is 31.1. The van der Waals surface area contributed by atoms with E-state index in [1.807, 2.05) is 0 Å². The van der Waals surface area contributed by atoms with Crippen molar-refractivity contribution in [1.82, 2.24) is 48.8 Å². The molecule has 0 aliphatic carbocycles. The summed E-state index contributed by atoms with van der Waals surface area (Å²) in [6, 6.07) is 0. The molecule has 2 aliphatic rings. The van der Waals surface area contributed by atoms with Gasteiger partial charge in [0.15, 0.2) is 35.1 Å². The molecule has 0 spiro atoms. The maximum Gasteiger partial charge on any atom is 0.479 e. The Morgan fingerprint density at radius 2 is 1.14 bits per heavy atom. The van der Waals surface area contributed by atoms with Gasteiger partial charge in [-0.1, -0.05) is 67.3 Å². The van der Waals surface area contributed by atoms with Gasteiger partial charge in [-0.25, -0.2) is 32.3 Å². The zero-order valence-electron chi connectivity index (χ0n) is 44.7. The van der Waals surface area contributed by atoms with Gasteiger partial charge >= 0.3 is 36.5 Å². The summed E-state index contributed by atoms with van der Waals surface area (Å²) in [4.78, 5) is 76.9. The second kappa shape index (κ2) is 29.8. The van der Waals surface area contributed by atoms with Crippen LogP contribution in [0.5, 0.6) is 5.88 Å². The van der Waals surface area contributed by atoms with Crippen LogP contribution >= 0.6 is 30.8 Å². The van der Waals surface area contributed by atoms with Crippen molar-refractivity contribution in [3.8, 4) is 5.88 Å². The van der Waals surface area contributed by atoms with E-state index >= 15 is 0 Å². The fourth-order valence-corrected chi connectivity index (χ4v) is 14.5. The molecule has 0 saturated carbocycles. The number of aromatic amines is 1. The van der Waals surface area contributed by atoms with Gasteiger partial charge in [0.1, 0.15) is 36.6 Å². The number of imidazole rings is 2. The number of phosphoric ester groups is 2. The second-order valence-corrected chi connectivity index (χ2v) is 24.4. The molecule has 6 heterocycles. The number of nitrogen functional groups attached to an aromatic ring is 2. The number of phosphoric acid groups is 2. The second-order valence-electron chi connectivity index (χ2n) is 17.0. The number of anilines is 2. The van der Waals surface area contributed by atoms with Gasteiger partial charge in [-0.2, -0.15) is 4.98 Å². The van der Waals surface area contributed by atoms with Gasteiger partial charge in [-0.05, 0) is 58.9 Å². The monoisotopic (exact) mass is 1180 g/mol. The number of hydrogen-bond acceptors (Lipinski definition) is 25. The zero-order valence-corrected chi connectivity index (χ0v) is 48.2. The number of ether oxygens (including phenoxy) is 2. The van der Waals surface area contributed by atoms with Crippen molar-refractivity contribution in [2.45, 2.75) is 111 Å². The van der Waals surface area contributed by atoms with Crippen LogP contribution in [0.1, 0.15) is 74.8 Å². The molecule has 33 nitrogen and oxygen atoms in total. The lowest BCUT2D eigenvalue weighted by atomic mass is 10.1. The molecule has 0 amide bonds. The number of H-pyrrole nitrogens is 1. The quantitative estimate of drug-likeness (QED) is 0.0329. The smallest absolute Gasteiger partial charge is 0.479 e. The minimum atomic E-state index is -5.75. The summed E-state index contributed by atoms with van der Waals surface area (Å²) in [6.45, 7) is 28.1. The number of aliphatic hydroxyl groups is 4. The Morgan fingerprint density at radius 1 is 0.701 bits per heavy atom. The van der Waals surface area contributed by atoms with Crippen molar-refractivity contribution in [3.63, 3.8) is 0 Å². The highest BCUT2D eigenvalue weighted by atomic mass is 31.3. The SMILES string of the molecule is CCN(CC)CC.CCN(CC)CC.CCN(CC)CC.Cn1c[n+]([C@@H]2O[C@H](COP(=O)(O)OP(=O)(O)CP(=O)(O)OP(=O)(O)OC[C@H]3O[C@@H](n4cnc5c(=O)[nH]c(N)nc54)[C@H](O)[C@@H]3O)[C@@H](O)[C@H]2O)c2nc(N)nc([O-])c21. The standard InChI is InChI=1S/C22H32N10O20P4.3C6H15N/c1-30-5-32(16-10(30)18(38)29-22(24)27-16)20-14(36)12(34)8(50-20)3-48-56(45,46)52-54(41,42)6-53(39,40)51-55(43,44)47-2-7-11(33)13(35)19(49-7)31-4-25-9-15(31)26-21(23)28-17(9)37;3*1-4-7(5-2)6-3/h4-5,7-8,11-14,19-20,33-36H,2-3,6H2,1H3,(H9-,23,24,26,27,28,29,37,38,39,40,41,42,43,44,45,46);3*4-6H2,1-3H3/t7-,8-,11-,12-,13-,14-,19-,20-;;;/m1.../s1. The molecule has 442 valence electrons. The summed E-state index contributed by atoms with van der Waals surface area (Å²) >= 11 is 0. The van der Waals surface area contributed by atoms with E-state index < -0.39 is 116 Å². The number of hydrogen-bond donors (Lipinski definition) is 11. The maximum absolute atomic E-state index is 12.6. The highest BCUT2D eigenvalue weighted by molar-refractivity contribution is 7.76. The molecule has 0 radical (unpaired) electrons. The van der Waals surface area contributed by atoms with Crippen LogP contribution in [-0.2, 0) is 52.5 Å². The summed E-state index contributed by atoms with van der Waals surface area (Å²) in [5, 5.41) is 54.3. The summed E-state index contributed by atoms with van der Waals surface area (Å²) in [7, 11) is -21.5. The van der Waals surface area contributed by atoms with Crippen LogP contribution in [0, 0.1) is 0 Å². The first-order valence-electron chi connectivity index (χ1n) is 24.6. The number of nitrogens with one attached hydrogen (secondary N) is 1. The molecular weight excluding hydrogens is 1110 g/mol. The molecule has 4 aromatic rings. The number of fused-ring (bicyclic) bond motifs is 2.